The molecule has 0 fully saturated rings. The van der Waals surface area contributed by atoms with E-state index in [-0.39, 0.29) is 0 Å². The number of nitrogen functional groups attached to an aromatic ring is 1. The number of nitrogens with two attached hydrogens (primary N) is 1. The molecule has 13 heavy (non-hydrogen) atoms. The summed E-state index contributed by atoms with van der Waals surface area (Å²) in [6.45, 7) is 0.419. The van der Waals surface area contributed by atoms with E-state index >= 15 is 0 Å². The zero-order chi connectivity index (χ0) is 9.64. The zero-order valence-electron chi connectivity index (χ0n) is 7.19. The summed E-state index contributed by atoms with van der Waals surface area (Å²) in [6, 6.07) is 4.87. The number of anilines is 1. The Kier molecular flexibility index (Phi) is 1.61. The summed E-state index contributed by atoms with van der Waals surface area (Å²) in [7, 11) is -1.66. The molecule has 0 saturated carbocycles. The first-order valence-electron chi connectivity index (χ1n) is 3.86. The molecule has 1 heterocycles. The predicted octanol–water partition coefficient (Wildman–Crippen LogP) is 0.403. The highest BCUT2D eigenvalue weighted by Crippen LogP contribution is 2.29. The van der Waals surface area contributed by atoms with Gasteiger partial charge in [-0.05, 0) is 23.8 Å². The molecule has 0 bridgehead atoms. The molecule has 1 aromatic rings. The fourth-order valence-electron chi connectivity index (χ4n) is 1.47. The molecular formula is C8H10N2O2S. The van der Waals surface area contributed by atoms with Crippen LogP contribution in [0.25, 0.3) is 0 Å². The Morgan fingerprint density at radius 1 is 1.46 bits per heavy atom. The highest BCUT2D eigenvalue weighted by atomic mass is 32.2. The minimum absolute atomic E-state index is 0.379. The SMILES string of the molecule is CN1Cc2cc(N)ccc2S1(=O)=O. The fourth-order valence-corrected chi connectivity index (χ4v) is 2.81. The van der Waals surface area contributed by atoms with Gasteiger partial charge < -0.3 is 5.73 Å². The highest BCUT2D eigenvalue weighted by Gasteiger charge is 2.31. The lowest BCUT2D eigenvalue weighted by Crippen LogP contribution is -2.18. The Morgan fingerprint density at radius 3 is 2.85 bits per heavy atom. The van der Waals surface area contributed by atoms with Crippen LogP contribution in [0, 0.1) is 0 Å². The van der Waals surface area contributed by atoms with Gasteiger partial charge in [0.2, 0.25) is 10.0 Å². The van der Waals surface area contributed by atoms with Crippen molar-refractivity contribution in [2.45, 2.75) is 11.4 Å². The van der Waals surface area contributed by atoms with E-state index in [1.165, 1.54) is 4.31 Å². The number of sulfonamides is 1. The van der Waals surface area contributed by atoms with Crippen LogP contribution >= 0.6 is 0 Å². The van der Waals surface area contributed by atoms with Crippen LogP contribution in [0.4, 0.5) is 5.69 Å². The number of nitrogens with zero attached hydrogens (tertiary/aromatic N) is 1. The fraction of sp³-hybridized carbons (Fsp3) is 0.250. The van der Waals surface area contributed by atoms with E-state index in [1.807, 2.05) is 0 Å². The van der Waals surface area contributed by atoms with Crippen LogP contribution in [0.3, 0.4) is 0 Å². The van der Waals surface area contributed by atoms with Gasteiger partial charge in [0.25, 0.3) is 0 Å². The third-order valence-electron chi connectivity index (χ3n) is 2.17. The van der Waals surface area contributed by atoms with Gasteiger partial charge in [-0.25, -0.2) is 8.42 Å². The van der Waals surface area contributed by atoms with E-state index in [1.54, 1.807) is 25.2 Å². The van der Waals surface area contributed by atoms with Gasteiger partial charge in [-0.2, -0.15) is 4.31 Å². The molecule has 2 rings (SSSR count). The Hall–Kier alpha value is -1.07. The van der Waals surface area contributed by atoms with E-state index in [0.29, 0.717) is 17.1 Å². The predicted molar refractivity (Wildman–Crippen MR) is 49.5 cm³/mol. The lowest BCUT2D eigenvalue weighted by atomic mass is 10.2. The molecule has 0 unspecified atom stereocenters. The van der Waals surface area contributed by atoms with Gasteiger partial charge in [0.05, 0.1) is 4.90 Å². The van der Waals surface area contributed by atoms with Crippen molar-refractivity contribution < 1.29 is 8.42 Å². The molecular weight excluding hydrogens is 188 g/mol. The van der Waals surface area contributed by atoms with Gasteiger partial charge in [-0.1, -0.05) is 0 Å². The first kappa shape index (κ1) is 8.52. The standard InChI is InChI=1S/C8H10N2O2S/c1-10-5-6-4-7(9)2-3-8(6)13(10,11)12/h2-4H,5,9H2,1H3. The molecule has 70 valence electrons. The number of fused-ring (bicyclic) bond motifs is 1. The smallest absolute Gasteiger partial charge is 0.243 e. The molecule has 5 heteroatoms. The largest absolute Gasteiger partial charge is 0.399 e. The minimum atomic E-state index is -3.22. The van der Waals surface area contributed by atoms with Crippen LogP contribution in [0.5, 0.6) is 0 Å². The number of rotatable bonds is 0. The molecule has 0 aromatic heterocycles. The molecule has 1 aliphatic rings. The monoisotopic (exact) mass is 198 g/mol. The molecule has 0 saturated heterocycles. The van der Waals surface area contributed by atoms with Crippen LogP contribution in [0.15, 0.2) is 23.1 Å². The van der Waals surface area contributed by atoms with Gasteiger partial charge in [-0.3, -0.25) is 0 Å². The summed E-state index contributed by atoms with van der Waals surface area (Å²) in [4.78, 5) is 0.379. The van der Waals surface area contributed by atoms with Crippen LogP contribution in [0.2, 0.25) is 0 Å². The van der Waals surface area contributed by atoms with E-state index in [0.717, 1.165) is 5.56 Å². The summed E-state index contributed by atoms with van der Waals surface area (Å²) in [5.74, 6) is 0. The topological polar surface area (TPSA) is 63.4 Å². The summed E-state index contributed by atoms with van der Waals surface area (Å²) in [5, 5.41) is 0. The second-order valence-corrected chi connectivity index (χ2v) is 5.14. The Morgan fingerprint density at radius 2 is 2.15 bits per heavy atom. The molecule has 0 atom stereocenters. The van der Waals surface area contributed by atoms with E-state index in [9.17, 15) is 8.42 Å². The molecule has 0 aliphatic carbocycles. The van der Waals surface area contributed by atoms with Crippen LogP contribution in [0.1, 0.15) is 5.56 Å². The maximum Gasteiger partial charge on any atom is 0.243 e. The van der Waals surface area contributed by atoms with Crippen LogP contribution in [-0.4, -0.2) is 19.8 Å². The number of hydrogen-bond donors (Lipinski definition) is 1. The number of benzene rings is 1. The maximum atomic E-state index is 11.6. The van der Waals surface area contributed by atoms with E-state index < -0.39 is 10.0 Å². The summed E-state index contributed by atoms with van der Waals surface area (Å²) >= 11 is 0. The summed E-state index contributed by atoms with van der Waals surface area (Å²) < 4.78 is 24.5. The Balaban J connectivity index is 2.69. The van der Waals surface area contributed by atoms with Crippen molar-refractivity contribution in [1.82, 2.24) is 4.31 Å². The third kappa shape index (κ3) is 1.12. The highest BCUT2D eigenvalue weighted by molar-refractivity contribution is 7.89. The number of hydrogen-bond acceptors (Lipinski definition) is 3. The molecule has 0 spiro atoms. The van der Waals surface area contributed by atoms with E-state index in [2.05, 4.69) is 0 Å². The molecule has 0 amide bonds. The van der Waals surface area contributed by atoms with Crippen molar-refractivity contribution >= 4 is 15.7 Å². The van der Waals surface area contributed by atoms with Crippen molar-refractivity contribution in [3.63, 3.8) is 0 Å². The normalized spacial score (nSPS) is 20.1. The Bertz CT molecular complexity index is 453. The Labute approximate surface area is 77.0 Å². The molecule has 2 N–H and O–H groups in total. The molecule has 1 aromatic carbocycles. The average Bonchev–Trinajstić information content (AvgIpc) is 2.23. The van der Waals surface area contributed by atoms with Crippen molar-refractivity contribution in [3.8, 4) is 0 Å². The lowest BCUT2D eigenvalue weighted by molar-refractivity contribution is 0.488. The van der Waals surface area contributed by atoms with Gasteiger partial charge in [-0.15, -0.1) is 0 Å². The molecule has 0 radical (unpaired) electrons. The average molecular weight is 198 g/mol. The first-order valence-corrected chi connectivity index (χ1v) is 5.30. The van der Waals surface area contributed by atoms with Crippen LogP contribution in [-0.2, 0) is 16.6 Å². The summed E-state index contributed by atoms with van der Waals surface area (Å²) in [5.41, 5.74) is 6.93. The minimum Gasteiger partial charge on any atom is -0.399 e. The first-order chi connectivity index (χ1) is 6.01. The van der Waals surface area contributed by atoms with Crippen LogP contribution < -0.4 is 5.73 Å². The second kappa shape index (κ2) is 2.46. The van der Waals surface area contributed by atoms with Crippen molar-refractivity contribution in [2.24, 2.45) is 0 Å². The molecule has 4 nitrogen and oxygen atoms in total. The van der Waals surface area contributed by atoms with Gasteiger partial charge in [0, 0.05) is 19.3 Å². The second-order valence-electron chi connectivity index (χ2n) is 3.13. The van der Waals surface area contributed by atoms with Gasteiger partial charge in [0.15, 0.2) is 0 Å². The van der Waals surface area contributed by atoms with E-state index in [4.69, 9.17) is 5.73 Å². The quantitative estimate of drug-likeness (QED) is 0.614. The maximum absolute atomic E-state index is 11.6. The zero-order valence-corrected chi connectivity index (χ0v) is 8.00. The lowest BCUT2D eigenvalue weighted by Gasteiger charge is -2.04. The van der Waals surface area contributed by atoms with Crippen molar-refractivity contribution in [1.29, 1.82) is 0 Å². The van der Waals surface area contributed by atoms with Crippen molar-refractivity contribution in [3.05, 3.63) is 23.8 Å². The van der Waals surface area contributed by atoms with Crippen molar-refractivity contribution in [2.75, 3.05) is 12.8 Å². The van der Waals surface area contributed by atoms with Gasteiger partial charge in [0.1, 0.15) is 0 Å². The third-order valence-corrected chi connectivity index (χ3v) is 4.07. The molecule has 1 aliphatic heterocycles. The van der Waals surface area contributed by atoms with Gasteiger partial charge >= 0.3 is 0 Å². The summed E-state index contributed by atoms with van der Waals surface area (Å²) in [6.07, 6.45) is 0.